The summed E-state index contributed by atoms with van der Waals surface area (Å²) < 4.78 is 31.4. The summed E-state index contributed by atoms with van der Waals surface area (Å²) in [4.78, 5) is 15.0. The van der Waals surface area contributed by atoms with Gasteiger partial charge in [-0.05, 0) is 56.3 Å². The van der Waals surface area contributed by atoms with Crippen LogP contribution in [0.5, 0.6) is 5.75 Å². The van der Waals surface area contributed by atoms with Crippen molar-refractivity contribution in [2.75, 3.05) is 39.6 Å². The number of rotatable bonds is 6. The average Bonchev–Trinajstić information content (AvgIpc) is 2.68. The number of carbonyl (C=O) groups is 1. The molecule has 1 aliphatic heterocycles. The van der Waals surface area contributed by atoms with Gasteiger partial charge in [-0.3, -0.25) is 9.69 Å². The second kappa shape index (κ2) is 8.80. The lowest BCUT2D eigenvalue weighted by atomic mass is 9.78. The summed E-state index contributed by atoms with van der Waals surface area (Å²) in [5.74, 6) is 0.866. The van der Waals surface area contributed by atoms with E-state index in [1.54, 1.807) is 12.1 Å². The Labute approximate surface area is 168 Å². The smallest absolute Gasteiger partial charge is 0.246 e. The Hall–Kier alpha value is -1.64. The molecule has 1 saturated heterocycles. The molecule has 1 amide bonds. The number of hydrogen-bond acceptors (Lipinski definition) is 5. The molecule has 8 heteroatoms. The van der Waals surface area contributed by atoms with Crippen molar-refractivity contribution in [1.29, 1.82) is 0 Å². The summed E-state index contributed by atoms with van der Waals surface area (Å²) in [6.45, 7) is 1.31. The van der Waals surface area contributed by atoms with Gasteiger partial charge in [0.05, 0.1) is 13.7 Å². The van der Waals surface area contributed by atoms with Crippen LogP contribution in [-0.4, -0.2) is 63.9 Å². The highest BCUT2D eigenvalue weighted by Gasteiger charge is 2.34. The highest BCUT2D eigenvalue weighted by Crippen LogP contribution is 2.35. The monoisotopic (exact) mass is 409 g/mol. The molecule has 3 rings (SSSR count). The predicted octanol–water partition coefficient (Wildman–Crippen LogP) is 2.54. The van der Waals surface area contributed by atoms with E-state index in [2.05, 4.69) is 10.2 Å². The van der Waals surface area contributed by atoms with Gasteiger partial charge in [0.25, 0.3) is 0 Å². The molecule has 2 atom stereocenters. The molecule has 7 nitrogen and oxygen atoms in total. The molecule has 2 fully saturated rings. The summed E-state index contributed by atoms with van der Waals surface area (Å²) >= 11 is 0. The van der Waals surface area contributed by atoms with Crippen LogP contribution in [0.3, 0.4) is 0 Å². The van der Waals surface area contributed by atoms with Gasteiger partial charge in [-0.1, -0.05) is 12.8 Å². The molecular formula is C20H31N3O4S. The third-order valence-corrected chi connectivity index (χ3v) is 7.75. The van der Waals surface area contributed by atoms with Crippen LogP contribution in [0.2, 0.25) is 0 Å². The number of amides is 1. The first-order valence-electron chi connectivity index (χ1n) is 9.97. The molecule has 0 unspecified atom stereocenters. The van der Waals surface area contributed by atoms with E-state index in [1.165, 1.54) is 59.4 Å². The van der Waals surface area contributed by atoms with Crippen molar-refractivity contribution in [2.24, 2.45) is 5.92 Å². The fraction of sp³-hybridized carbons (Fsp3) is 0.650. The molecule has 1 aromatic rings. The average molecular weight is 410 g/mol. The molecule has 1 aliphatic carbocycles. The van der Waals surface area contributed by atoms with E-state index in [0.29, 0.717) is 24.2 Å². The van der Waals surface area contributed by atoms with Crippen molar-refractivity contribution in [3.8, 4) is 5.75 Å². The largest absolute Gasteiger partial charge is 0.495 e. The molecule has 0 bridgehead atoms. The topological polar surface area (TPSA) is 79.0 Å². The molecule has 28 heavy (non-hydrogen) atoms. The molecule has 0 aromatic heterocycles. The van der Waals surface area contributed by atoms with Crippen LogP contribution in [0.1, 0.15) is 38.5 Å². The maximum Gasteiger partial charge on any atom is 0.246 e. The van der Waals surface area contributed by atoms with E-state index in [9.17, 15) is 13.2 Å². The van der Waals surface area contributed by atoms with Crippen molar-refractivity contribution in [3.05, 3.63) is 18.2 Å². The molecule has 1 aromatic carbocycles. The van der Waals surface area contributed by atoms with Crippen molar-refractivity contribution in [3.63, 3.8) is 0 Å². The van der Waals surface area contributed by atoms with Crippen LogP contribution in [-0.2, 0) is 14.8 Å². The van der Waals surface area contributed by atoms with Crippen LogP contribution >= 0.6 is 0 Å². The molecule has 0 radical (unpaired) electrons. The van der Waals surface area contributed by atoms with Crippen LogP contribution in [0.4, 0.5) is 5.69 Å². The van der Waals surface area contributed by atoms with E-state index in [1.807, 2.05) is 0 Å². The van der Waals surface area contributed by atoms with E-state index >= 15 is 0 Å². The van der Waals surface area contributed by atoms with Crippen LogP contribution < -0.4 is 10.1 Å². The van der Waals surface area contributed by atoms with Gasteiger partial charge in [0.2, 0.25) is 15.9 Å². The lowest BCUT2D eigenvalue weighted by Gasteiger charge is -2.43. The van der Waals surface area contributed by atoms with Gasteiger partial charge in [0, 0.05) is 25.8 Å². The maximum atomic E-state index is 12.7. The highest BCUT2D eigenvalue weighted by molar-refractivity contribution is 7.89. The highest BCUT2D eigenvalue weighted by atomic mass is 32.2. The lowest BCUT2D eigenvalue weighted by molar-refractivity contribution is -0.118. The third kappa shape index (κ3) is 4.50. The number of sulfonamides is 1. The number of hydrogen-bond donors (Lipinski definition) is 1. The molecular weight excluding hydrogens is 378 g/mol. The molecule has 1 N–H and O–H groups in total. The van der Waals surface area contributed by atoms with Gasteiger partial charge in [0.15, 0.2) is 0 Å². The zero-order chi connectivity index (χ0) is 20.3. The number of nitrogens with zero attached hydrogens (tertiary/aromatic N) is 2. The Balaban J connectivity index is 1.72. The third-order valence-electron chi connectivity index (χ3n) is 5.91. The lowest BCUT2D eigenvalue weighted by Crippen LogP contribution is -2.49. The Morgan fingerprint density at radius 2 is 1.93 bits per heavy atom. The van der Waals surface area contributed by atoms with Crippen molar-refractivity contribution < 1.29 is 17.9 Å². The van der Waals surface area contributed by atoms with Gasteiger partial charge in [0.1, 0.15) is 10.6 Å². The molecule has 1 saturated carbocycles. The van der Waals surface area contributed by atoms with Gasteiger partial charge < -0.3 is 10.1 Å². The SMILES string of the molecule is COc1ccc(NC(=O)CN2CCC[C@@H]3CCCC[C@@H]32)cc1S(=O)(=O)N(C)C. The second-order valence-electron chi connectivity index (χ2n) is 7.93. The van der Waals surface area contributed by atoms with E-state index < -0.39 is 10.0 Å². The number of piperidine rings is 1. The Morgan fingerprint density at radius 1 is 1.21 bits per heavy atom. The quantitative estimate of drug-likeness (QED) is 0.781. The van der Waals surface area contributed by atoms with Crippen molar-refractivity contribution in [1.82, 2.24) is 9.21 Å². The molecule has 1 heterocycles. The normalized spacial score (nSPS) is 23.3. The first-order valence-corrected chi connectivity index (χ1v) is 11.4. The predicted molar refractivity (Wildman–Crippen MR) is 109 cm³/mol. The fourth-order valence-electron chi connectivity index (χ4n) is 4.46. The summed E-state index contributed by atoms with van der Waals surface area (Å²) in [5.41, 5.74) is 0.462. The summed E-state index contributed by atoms with van der Waals surface area (Å²) in [5, 5.41) is 2.87. The molecule has 0 spiro atoms. The van der Waals surface area contributed by atoms with Crippen molar-refractivity contribution >= 4 is 21.6 Å². The van der Waals surface area contributed by atoms with E-state index in [0.717, 1.165) is 17.3 Å². The first kappa shape index (κ1) is 21.1. The Bertz CT molecular complexity index is 808. The van der Waals surface area contributed by atoms with Gasteiger partial charge in [-0.25, -0.2) is 12.7 Å². The summed E-state index contributed by atoms with van der Waals surface area (Å²) in [6.07, 6.45) is 7.40. The van der Waals surface area contributed by atoms with Gasteiger partial charge in [-0.2, -0.15) is 0 Å². The zero-order valence-electron chi connectivity index (χ0n) is 17.0. The molecule has 156 valence electrons. The number of ether oxygens (including phenoxy) is 1. The van der Waals surface area contributed by atoms with Gasteiger partial charge >= 0.3 is 0 Å². The number of fused-ring (bicyclic) bond motifs is 1. The minimum atomic E-state index is -3.67. The van der Waals surface area contributed by atoms with Crippen molar-refractivity contribution in [2.45, 2.75) is 49.5 Å². The number of methoxy groups -OCH3 is 1. The van der Waals surface area contributed by atoms with Crippen LogP contribution in [0.25, 0.3) is 0 Å². The Morgan fingerprint density at radius 3 is 2.64 bits per heavy atom. The minimum absolute atomic E-state index is 0.0446. The Kier molecular flexibility index (Phi) is 6.62. The summed E-state index contributed by atoms with van der Waals surface area (Å²) in [6, 6.07) is 5.22. The van der Waals surface area contributed by atoms with E-state index in [4.69, 9.17) is 4.74 Å². The minimum Gasteiger partial charge on any atom is -0.495 e. The van der Waals surface area contributed by atoms with E-state index in [-0.39, 0.29) is 16.6 Å². The number of anilines is 1. The molecule has 2 aliphatic rings. The fourth-order valence-corrected chi connectivity index (χ4v) is 5.54. The number of benzene rings is 1. The number of likely N-dealkylation sites (tertiary alicyclic amines) is 1. The summed E-state index contributed by atoms with van der Waals surface area (Å²) in [7, 11) is 0.694. The number of carbonyl (C=O) groups excluding carboxylic acids is 1. The zero-order valence-corrected chi connectivity index (χ0v) is 17.8. The second-order valence-corrected chi connectivity index (χ2v) is 10.0. The maximum absolute atomic E-state index is 12.7. The van der Waals surface area contributed by atoms with Gasteiger partial charge in [-0.15, -0.1) is 0 Å². The van der Waals surface area contributed by atoms with Crippen LogP contribution in [0, 0.1) is 5.92 Å². The standard InChI is InChI=1S/C20H31N3O4S/c1-22(2)28(25,26)19-13-16(10-11-18(19)27-3)21-20(24)14-23-12-6-8-15-7-4-5-9-17(15)23/h10-11,13,15,17H,4-9,12,14H2,1-3H3,(H,21,24)/t15-,17-/m0/s1. The van der Waals surface area contributed by atoms with Crippen LogP contribution in [0.15, 0.2) is 23.1 Å². The first-order chi connectivity index (χ1) is 13.3. The number of nitrogens with one attached hydrogen (secondary N) is 1.